The summed E-state index contributed by atoms with van der Waals surface area (Å²) >= 11 is 0. The average molecular weight is 361 g/mol. The molecule has 1 N–H and O–H groups in total. The van der Waals surface area contributed by atoms with Gasteiger partial charge in [-0.25, -0.2) is 15.0 Å². The number of imidazole rings is 1. The molecule has 0 saturated heterocycles. The second kappa shape index (κ2) is 6.26. The van der Waals surface area contributed by atoms with Crippen molar-refractivity contribution in [1.29, 1.82) is 0 Å². The summed E-state index contributed by atoms with van der Waals surface area (Å²) in [5, 5.41) is 3.19. The predicted molar refractivity (Wildman–Crippen MR) is 92.2 cm³/mol. The minimum Gasteiger partial charge on any atom is -0.369 e. The van der Waals surface area contributed by atoms with Crippen LogP contribution in [0.4, 0.5) is 19.0 Å². The third-order valence-electron chi connectivity index (χ3n) is 4.73. The Morgan fingerprint density at radius 3 is 2.62 bits per heavy atom. The lowest BCUT2D eigenvalue weighted by Crippen LogP contribution is -2.21. The van der Waals surface area contributed by atoms with E-state index < -0.39 is 12.0 Å². The molecule has 2 aromatic heterocycles. The molecule has 5 nitrogen and oxygen atoms in total. The highest BCUT2D eigenvalue weighted by Gasteiger charge is 2.38. The first-order chi connectivity index (χ1) is 12.4. The maximum Gasteiger partial charge on any atom is 0.450 e. The third kappa shape index (κ3) is 3.11. The number of halogens is 3. The van der Waals surface area contributed by atoms with Crippen LogP contribution in [0.1, 0.15) is 30.7 Å². The van der Waals surface area contributed by atoms with Crippen molar-refractivity contribution in [2.75, 3.05) is 11.9 Å². The number of nitrogens with one attached hydrogen (secondary N) is 1. The Hall–Kier alpha value is -2.64. The minimum absolute atomic E-state index is 0.0953. The summed E-state index contributed by atoms with van der Waals surface area (Å²) in [5.74, 6) is 0.309. The van der Waals surface area contributed by atoms with Crippen LogP contribution in [0.15, 0.2) is 30.6 Å². The van der Waals surface area contributed by atoms with Crippen LogP contribution in [-0.2, 0) is 6.18 Å². The number of anilines is 1. The van der Waals surface area contributed by atoms with Gasteiger partial charge in [-0.15, -0.1) is 0 Å². The molecule has 0 atom stereocenters. The van der Waals surface area contributed by atoms with Crippen molar-refractivity contribution in [3.05, 3.63) is 42.0 Å². The number of benzene rings is 1. The molecule has 1 aliphatic carbocycles. The molecule has 1 aliphatic rings. The van der Waals surface area contributed by atoms with Crippen LogP contribution in [0.25, 0.3) is 16.9 Å². The lowest BCUT2D eigenvalue weighted by Gasteiger charge is -2.25. The highest BCUT2D eigenvalue weighted by molar-refractivity contribution is 5.78. The standard InChI is InChI=1S/C18H18F3N5/c1-11-5-6-14-13(7-11)25-17(18(19,20)21)26(14)16-10-23-15(9-24-16)22-8-12-3-2-4-12/h5-7,9-10,12H,2-4,8H2,1H3,(H,22,23). The normalized spacial score (nSPS) is 15.2. The van der Waals surface area contributed by atoms with Crippen LogP contribution in [0.5, 0.6) is 0 Å². The van der Waals surface area contributed by atoms with Crippen LogP contribution >= 0.6 is 0 Å². The molecule has 1 saturated carbocycles. The molecule has 2 heterocycles. The van der Waals surface area contributed by atoms with E-state index >= 15 is 0 Å². The number of aromatic nitrogens is 4. The van der Waals surface area contributed by atoms with Gasteiger partial charge in [0.15, 0.2) is 5.82 Å². The summed E-state index contributed by atoms with van der Waals surface area (Å²) in [5.41, 5.74) is 1.48. The van der Waals surface area contributed by atoms with E-state index in [0.29, 0.717) is 17.3 Å². The van der Waals surface area contributed by atoms with E-state index in [2.05, 4.69) is 20.3 Å². The van der Waals surface area contributed by atoms with Crippen LogP contribution < -0.4 is 5.32 Å². The van der Waals surface area contributed by atoms with Crippen LogP contribution in [-0.4, -0.2) is 26.1 Å². The van der Waals surface area contributed by atoms with Gasteiger partial charge in [-0.3, -0.25) is 4.57 Å². The number of hydrogen-bond acceptors (Lipinski definition) is 4. The Bertz CT molecular complexity index is 926. The number of aryl methyl sites for hydroxylation is 1. The van der Waals surface area contributed by atoms with Gasteiger partial charge in [0.2, 0.25) is 5.82 Å². The van der Waals surface area contributed by atoms with Crippen molar-refractivity contribution in [2.24, 2.45) is 5.92 Å². The summed E-state index contributed by atoms with van der Waals surface area (Å²) in [7, 11) is 0. The molecule has 0 unspecified atom stereocenters. The zero-order valence-corrected chi connectivity index (χ0v) is 14.2. The molecule has 4 rings (SSSR count). The van der Waals surface area contributed by atoms with E-state index in [9.17, 15) is 13.2 Å². The summed E-state index contributed by atoms with van der Waals surface area (Å²) in [6.45, 7) is 2.63. The van der Waals surface area contributed by atoms with Gasteiger partial charge >= 0.3 is 6.18 Å². The second-order valence-electron chi connectivity index (χ2n) is 6.70. The van der Waals surface area contributed by atoms with Crippen LogP contribution in [0.3, 0.4) is 0 Å². The smallest absolute Gasteiger partial charge is 0.369 e. The van der Waals surface area contributed by atoms with Crippen molar-refractivity contribution >= 4 is 16.9 Å². The lowest BCUT2D eigenvalue weighted by molar-refractivity contribution is -0.145. The SMILES string of the molecule is Cc1ccc2c(c1)nc(C(F)(F)F)n2-c1cnc(NCC2CCC2)cn1. The van der Waals surface area contributed by atoms with Gasteiger partial charge < -0.3 is 5.32 Å². The second-order valence-corrected chi connectivity index (χ2v) is 6.70. The Kier molecular flexibility index (Phi) is 4.05. The van der Waals surface area contributed by atoms with E-state index in [0.717, 1.165) is 16.7 Å². The first-order valence-electron chi connectivity index (χ1n) is 8.54. The highest BCUT2D eigenvalue weighted by Crippen LogP contribution is 2.33. The van der Waals surface area contributed by atoms with Gasteiger partial charge in [0.1, 0.15) is 5.82 Å². The average Bonchev–Trinajstić information content (AvgIpc) is 2.93. The summed E-state index contributed by atoms with van der Waals surface area (Å²) in [4.78, 5) is 12.2. The highest BCUT2D eigenvalue weighted by atomic mass is 19.4. The molecule has 3 aromatic rings. The molecule has 0 bridgehead atoms. The molecule has 136 valence electrons. The Labute approximate surface area is 148 Å². The van der Waals surface area contributed by atoms with E-state index in [1.807, 2.05) is 6.92 Å². The van der Waals surface area contributed by atoms with E-state index in [1.165, 1.54) is 31.7 Å². The summed E-state index contributed by atoms with van der Waals surface area (Å²) in [6.07, 6.45) is 1.88. The topological polar surface area (TPSA) is 55.6 Å². The van der Waals surface area contributed by atoms with Gasteiger partial charge in [0.25, 0.3) is 0 Å². The Morgan fingerprint density at radius 2 is 2.00 bits per heavy atom. The molecule has 1 fully saturated rings. The molecule has 0 spiro atoms. The van der Waals surface area contributed by atoms with Crippen LogP contribution in [0.2, 0.25) is 0 Å². The molecule has 8 heteroatoms. The fraction of sp³-hybridized carbons (Fsp3) is 0.389. The number of hydrogen-bond donors (Lipinski definition) is 1. The number of fused-ring (bicyclic) bond motifs is 1. The van der Waals surface area contributed by atoms with Gasteiger partial charge in [-0.2, -0.15) is 13.2 Å². The molecule has 0 amide bonds. The Morgan fingerprint density at radius 1 is 1.19 bits per heavy atom. The van der Waals surface area contributed by atoms with Crippen molar-refractivity contribution in [2.45, 2.75) is 32.4 Å². The zero-order chi connectivity index (χ0) is 18.3. The van der Waals surface area contributed by atoms with Gasteiger partial charge in [-0.1, -0.05) is 12.5 Å². The first-order valence-corrected chi connectivity index (χ1v) is 8.54. The number of alkyl halides is 3. The van der Waals surface area contributed by atoms with Crippen molar-refractivity contribution in [1.82, 2.24) is 19.5 Å². The van der Waals surface area contributed by atoms with E-state index in [4.69, 9.17) is 0 Å². The maximum absolute atomic E-state index is 13.5. The maximum atomic E-state index is 13.5. The van der Waals surface area contributed by atoms with E-state index in [1.54, 1.807) is 18.2 Å². The quantitative estimate of drug-likeness (QED) is 0.750. The van der Waals surface area contributed by atoms with Crippen molar-refractivity contribution in [3.8, 4) is 5.82 Å². The largest absolute Gasteiger partial charge is 0.450 e. The molecule has 1 aromatic carbocycles. The predicted octanol–water partition coefficient (Wildman–Crippen LogP) is 4.35. The lowest BCUT2D eigenvalue weighted by atomic mass is 9.85. The molecule has 26 heavy (non-hydrogen) atoms. The van der Waals surface area contributed by atoms with Crippen molar-refractivity contribution in [3.63, 3.8) is 0 Å². The fourth-order valence-electron chi connectivity index (χ4n) is 3.09. The van der Waals surface area contributed by atoms with Gasteiger partial charge in [0.05, 0.1) is 23.4 Å². The summed E-state index contributed by atoms with van der Waals surface area (Å²) < 4.78 is 41.4. The first kappa shape index (κ1) is 16.8. The fourth-order valence-corrected chi connectivity index (χ4v) is 3.09. The van der Waals surface area contributed by atoms with E-state index in [-0.39, 0.29) is 11.3 Å². The van der Waals surface area contributed by atoms with Gasteiger partial charge in [-0.05, 0) is 43.4 Å². The third-order valence-corrected chi connectivity index (χ3v) is 4.73. The van der Waals surface area contributed by atoms with Gasteiger partial charge in [0, 0.05) is 6.54 Å². The van der Waals surface area contributed by atoms with Crippen LogP contribution in [0, 0.1) is 12.8 Å². The summed E-state index contributed by atoms with van der Waals surface area (Å²) in [6, 6.07) is 5.00. The molecular weight excluding hydrogens is 343 g/mol. The molecule has 0 radical (unpaired) electrons. The number of rotatable bonds is 4. The number of nitrogens with zero attached hydrogens (tertiary/aromatic N) is 4. The molecular formula is C18H18F3N5. The zero-order valence-electron chi connectivity index (χ0n) is 14.2. The minimum atomic E-state index is -4.59. The Balaban J connectivity index is 1.70. The molecule has 0 aliphatic heterocycles. The monoisotopic (exact) mass is 361 g/mol. The van der Waals surface area contributed by atoms with Crippen molar-refractivity contribution < 1.29 is 13.2 Å².